The Kier molecular flexibility index (Phi) is 5.38. The van der Waals surface area contributed by atoms with Crippen LogP contribution in [0.1, 0.15) is 27.2 Å². The van der Waals surface area contributed by atoms with Crippen molar-refractivity contribution in [1.29, 1.82) is 0 Å². The average molecular weight is 496 g/mol. The largest absolute Gasteiger partial charge is 0.363 e. The van der Waals surface area contributed by atoms with Gasteiger partial charge in [-0.15, -0.1) is 0 Å². The quantitative estimate of drug-likeness (QED) is 0.542. The van der Waals surface area contributed by atoms with E-state index in [4.69, 9.17) is 23.2 Å². The van der Waals surface area contributed by atoms with Crippen molar-refractivity contribution in [2.24, 2.45) is 0 Å². The molecular weight excluding hydrogens is 482 g/mol. The fraction of sp³-hybridized carbons (Fsp3) is 0.143. The number of hydrogen-bond donors (Lipinski definition) is 1. The summed E-state index contributed by atoms with van der Waals surface area (Å²) in [4.78, 5) is 18.6. The van der Waals surface area contributed by atoms with Gasteiger partial charge in [-0.05, 0) is 36.4 Å². The van der Waals surface area contributed by atoms with Crippen LogP contribution in [0.5, 0.6) is 0 Å². The van der Waals surface area contributed by atoms with Crippen LogP contribution >= 0.6 is 39.1 Å². The van der Waals surface area contributed by atoms with Gasteiger partial charge in [-0.25, -0.2) is 4.39 Å². The van der Waals surface area contributed by atoms with Gasteiger partial charge in [0.1, 0.15) is 5.82 Å². The van der Waals surface area contributed by atoms with E-state index in [1.165, 1.54) is 23.2 Å². The first kappa shape index (κ1) is 20.3. The SMILES string of the molecule is O=C1c2cc(Br)cc(F)c2[C@@](O)(c2ccc(Cl)cc2)N1CCc1ccc(Cl)cn1. The number of aliphatic hydroxyl groups is 1. The van der Waals surface area contributed by atoms with Crippen molar-refractivity contribution in [3.05, 3.63) is 97.4 Å². The molecule has 1 amide bonds. The van der Waals surface area contributed by atoms with E-state index in [0.717, 1.165) is 0 Å². The average Bonchev–Trinajstić information content (AvgIpc) is 2.90. The highest BCUT2D eigenvalue weighted by Crippen LogP contribution is 2.44. The van der Waals surface area contributed by atoms with Gasteiger partial charge in [0.2, 0.25) is 0 Å². The van der Waals surface area contributed by atoms with E-state index in [1.807, 2.05) is 0 Å². The van der Waals surface area contributed by atoms with Crippen molar-refractivity contribution in [1.82, 2.24) is 9.88 Å². The molecule has 0 spiro atoms. The van der Waals surface area contributed by atoms with Crippen LogP contribution in [0.25, 0.3) is 0 Å². The molecule has 1 atom stereocenters. The fourth-order valence-electron chi connectivity index (χ4n) is 3.55. The molecule has 1 aliphatic rings. The number of carbonyl (C=O) groups is 1. The maximum atomic E-state index is 14.9. The smallest absolute Gasteiger partial charge is 0.257 e. The van der Waals surface area contributed by atoms with E-state index in [2.05, 4.69) is 20.9 Å². The molecule has 0 unspecified atom stereocenters. The predicted octanol–water partition coefficient (Wildman–Crippen LogP) is 5.18. The third kappa shape index (κ3) is 3.55. The van der Waals surface area contributed by atoms with Crippen LogP contribution in [0.3, 0.4) is 0 Å². The van der Waals surface area contributed by atoms with Gasteiger partial charge in [0.05, 0.1) is 16.1 Å². The molecule has 0 radical (unpaired) electrons. The third-order valence-corrected chi connectivity index (χ3v) is 5.83. The molecule has 1 N–H and O–H groups in total. The molecule has 0 saturated carbocycles. The molecule has 8 heteroatoms. The summed E-state index contributed by atoms with van der Waals surface area (Å²) in [7, 11) is 0. The summed E-state index contributed by atoms with van der Waals surface area (Å²) < 4.78 is 15.4. The summed E-state index contributed by atoms with van der Waals surface area (Å²) in [5, 5.41) is 12.7. The Labute approximate surface area is 185 Å². The molecule has 0 fully saturated rings. The maximum absolute atomic E-state index is 14.9. The van der Waals surface area contributed by atoms with Crippen molar-refractivity contribution < 1.29 is 14.3 Å². The Morgan fingerprint density at radius 3 is 2.45 bits per heavy atom. The van der Waals surface area contributed by atoms with E-state index < -0.39 is 17.4 Å². The Morgan fingerprint density at radius 1 is 1.10 bits per heavy atom. The van der Waals surface area contributed by atoms with Crippen LogP contribution in [0, 0.1) is 5.82 Å². The molecule has 2 heterocycles. The molecule has 2 aromatic carbocycles. The highest BCUT2D eigenvalue weighted by atomic mass is 79.9. The second-order valence-corrected chi connectivity index (χ2v) is 8.45. The first-order valence-corrected chi connectivity index (χ1v) is 10.3. The van der Waals surface area contributed by atoms with E-state index >= 15 is 0 Å². The minimum absolute atomic E-state index is 0.0721. The minimum Gasteiger partial charge on any atom is -0.363 e. The number of carbonyl (C=O) groups excluding carboxylic acids is 1. The molecule has 1 aromatic heterocycles. The van der Waals surface area contributed by atoms with Crippen molar-refractivity contribution in [3.63, 3.8) is 0 Å². The number of hydrogen-bond acceptors (Lipinski definition) is 3. The van der Waals surface area contributed by atoms with E-state index in [0.29, 0.717) is 32.2 Å². The second-order valence-electron chi connectivity index (χ2n) is 6.66. The van der Waals surface area contributed by atoms with E-state index in [1.54, 1.807) is 36.4 Å². The van der Waals surface area contributed by atoms with Crippen LogP contribution in [0.15, 0.2) is 59.2 Å². The van der Waals surface area contributed by atoms with E-state index in [9.17, 15) is 14.3 Å². The zero-order valence-corrected chi connectivity index (χ0v) is 18.0. The molecule has 4 rings (SSSR count). The standard InChI is InChI=1S/C21H14BrCl2FN2O2/c22-13-9-17-19(18(25)10-13)21(29,12-1-3-14(23)4-2-12)27(20(17)28)8-7-16-6-5-15(24)11-26-16/h1-6,9-11,29H,7-8H2/t21-/m0/s1. The van der Waals surface area contributed by atoms with Crippen LogP contribution in [-0.2, 0) is 12.1 Å². The highest BCUT2D eigenvalue weighted by Gasteiger charge is 2.51. The van der Waals surface area contributed by atoms with Gasteiger partial charge < -0.3 is 10.0 Å². The molecule has 29 heavy (non-hydrogen) atoms. The first-order valence-electron chi connectivity index (χ1n) is 8.71. The van der Waals surface area contributed by atoms with Crippen molar-refractivity contribution >= 4 is 45.0 Å². The van der Waals surface area contributed by atoms with Gasteiger partial charge in [-0.3, -0.25) is 9.78 Å². The minimum atomic E-state index is -1.96. The van der Waals surface area contributed by atoms with Gasteiger partial charge >= 0.3 is 0 Å². The Morgan fingerprint density at radius 2 is 1.79 bits per heavy atom. The normalized spacial score (nSPS) is 18.2. The molecule has 1 aliphatic heterocycles. The number of rotatable bonds is 4. The van der Waals surface area contributed by atoms with Gasteiger partial charge in [0.25, 0.3) is 5.91 Å². The van der Waals surface area contributed by atoms with Crippen LogP contribution < -0.4 is 0 Å². The summed E-state index contributed by atoms with van der Waals surface area (Å²) in [6.45, 7) is 0.123. The summed E-state index contributed by atoms with van der Waals surface area (Å²) in [6, 6.07) is 12.5. The molecule has 148 valence electrons. The number of amides is 1. The van der Waals surface area contributed by atoms with Gasteiger partial charge in [0.15, 0.2) is 5.72 Å². The monoisotopic (exact) mass is 494 g/mol. The summed E-state index contributed by atoms with van der Waals surface area (Å²) in [5.41, 5.74) is -0.887. The summed E-state index contributed by atoms with van der Waals surface area (Å²) in [5.74, 6) is -1.14. The molecule has 3 aromatic rings. The number of benzene rings is 2. The lowest BCUT2D eigenvalue weighted by atomic mass is 9.93. The molecule has 0 bridgehead atoms. The lowest BCUT2D eigenvalue weighted by Crippen LogP contribution is -2.46. The van der Waals surface area contributed by atoms with Crippen molar-refractivity contribution in [2.45, 2.75) is 12.1 Å². The molecule has 4 nitrogen and oxygen atoms in total. The zero-order valence-electron chi connectivity index (χ0n) is 14.9. The topological polar surface area (TPSA) is 53.4 Å². The summed E-state index contributed by atoms with van der Waals surface area (Å²) in [6.07, 6.45) is 1.87. The highest BCUT2D eigenvalue weighted by molar-refractivity contribution is 9.10. The Bertz CT molecular complexity index is 1090. The molecular formula is C21H14BrCl2FN2O2. The summed E-state index contributed by atoms with van der Waals surface area (Å²) >= 11 is 15.1. The lowest BCUT2D eigenvalue weighted by molar-refractivity contribution is -0.0514. The predicted molar refractivity (Wildman–Crippen MR) is 113 cm³/mol. The van der Waals surface area contributed by atoms with Crippen molar-refractivity contribution in [3.8, 4) is 0 Å². The van der Waals surface area contributed by atoms with Gasteiger partial charge in [-0.2, -0.15) is 0 Å². The van der Waals surface area contributed by atoms with E-state index in [-0.39, 0.29) is 17.7 Å². The Hall–Kier alpha value is -1.99. The maximum Gasteiger partial charge on any atom is 0.257 e. The number of aromatic nitrogens is 1. The van der Waals surface area contributed by atoms with Crippen molar-refractivity contribution in [2.75, 3.05) is 6.54 Å². The zero-order chi connectivity index (χ0) is 20.8. The molecule has 0 saturated heterocycles. The van der Waals surface area contributed by atoms with Gasteiger partial charge in [0, 0.05) is 39.9 Å². The van der Waals surface area contributed by atoms with Crippen LogP contribution in [0.4, 0.5) is 4.39 Å². The Balaban J connectivity index is 1.80. The third-order valence-electron chi connectivity index (χ3n) is 4.90. The first-order chi connectivity index (χ1) is 13.8. The van der Waals surface area contributed by atoms with Gasteiger partial charge in [-0.1, -0.05) is 51.3 Å². The number of pyridine rings is 1. The van der Waals surface area contributed by atoms with Crippen LogP contribution in [0.2, 0.25) is 10.0 Å². The number of fused-ring (bicyclic) bond motifs is 1. The fourth-order valence-corrected chi connectivity index (χ4v) is 4.22. The number of nitrogens with zero attached hydrogens (tertiary/aromatic N) is 2. The number of halogens is 4. The van der Waals surface area contributed by atoms with Crippen LogP contribution in [-0.4, -0.2) is 27.4 Å². The second kappa shape index (κ2) is 7.69. The molecule has 0 aliphatic carbocycles. The lowest BCUT2D eigenvalue weighted by Gasteiger charge is -2.35.